The molecule has 0 radical (unpaired) electrons. The molecule has 4 rings (SSSR count). The van der Waals surface area contributed by atoms with Crippen LogP contribution in [-0.2, 0) is 4.79 Å². The van der Waals surface area contributed by atoms with Crippen LogP contribution in [0.2, 0.25) is 0 Å². The number of hydrogen-bond donors (Lipinski definition) is 1. The molecule has 0 unspecified atom stereocenters. The van der Waals surface area contributed by atoms with Crippen molar-refractivity contribution in [3.63, 3.8) is 0 Å². The van der Waals surface area contributed by atoms with Crippen molar-refractivity contribution in [3.05, 3.63) is 65.6 Å². The van der Waals surface area contributed by atoms with Gasteiger partial charge in [-0.1, -0.05) is 18.2 Å². The molecular formula is C19H13N7O. The van der Waals surface area contributed by atoms with Crippen LogP contribution in [0.15, 0.2) is 70.0 Å². The van der Waals surface area contributed by atoms with Crippen molar-refractivity contribution >= 4 is 47.2 Å². The van der Waals surface area contributed by atoms with Crippen molar-refractivity contribution in [2.45, 2.75) is 0 Å². The molecule has 130 valence electrons. The van der Waals surface area contributed by atoms with E-state index >= 15 is 0 Å². The zero-order valence-corrected chi connectivity index (χ0v) is 14.0. The van der Waals surface area contributed by atoms with E-state index in [1.165, 1.54) is 25.0 Å². The van der Waals surface area contributed by atoms with E-state index in [1.807, 2.05) is 30.3 Å². The molecule has 0 saturated heterocycles. The van der Waals surface area contributed by atoms with E-state index in [1.54, 1.807) is 18.3 Å². The number of carbonyl (C=O) groups is 1. The number of pyridine rings is 1. The molecule has 0 saturated carbocycles. The molecule has 1 aromatic carbocycles. The van der Waals surface area contributed by atoms with Gasteiger partial charge < -0.3 is 5.32 Å². The Bertz CT molecular complexity index is 1230. The van der Waals surface area contributed by atoms with Crippen molar-refractivity contribution in [3.8, 4) is 0 Å². The van der Waals surface area contributed by atoms with Gasteiger partial charge in [0, 0.05) is 23.8 Å². The molecule has 27 heavy (non-hydrogen) atoms. The predicted octanol–water partition coefficient (Wildman–Crippen LogP) is 1.13. The molecule has 2 bridgehead atoms. The lowest BCUT2D eigenvalue weighted by Crippen LogP contribution is -2.24. The zero-order valence-electron chi connectivity index (χ0n) is 14.0. The molecule has 2 aromatic heterocycles. The summed E-state index contributed by atoms with van der Waals surface area (Å²) in [5, 5.41) is 3.96. The minimum absolute atomic E-state index is 0.352. The van der Waals surface area contributed by atoms with E-state index in [0.29, 0.717) is 28.0 Å². The number of benzene rings is 1. The second-order valence-corrected chi connectivity index (χ2v) is 5.46. The molecule has 0 atom stereocenters. The maximum absolute atomic E-state index is 11.7. The van der Waals surface area contributed by atoms with E-state index in [0.717, 1.165) is 5.22 Å². The third-order valence-electron chi connectivity index (χ3n) is 3.63. The summed E-state index contributed by atoms with van der Waals surface area (Å²) in [5.41, 5.74) is 1.22. The van der Waals surface area contributed by atoms with E-state index in [-0.39, 0.29) is 5.91 Å². The second kappa shape index (κ2) is 7.44. The van der Waals surface area contributed by atoms with Gasteiger partial charge in [0.2, 0.25) is 0 Å². The normalized spacial score (nSPS) is 13.7. The molecule has 0 fully saturated rings. The van der Waals surface area contributed by atoms with Gasteiger partial charge in [-0.3, -0.25) is 9.79 Å². The Labute approximate surface area is 153 Å². The second-order valence-electron chi connectivity index (χ2n) is 5.46. The number of fused-ring (bicyclic) bond motifs is 2. The largest absolute Gasteiger partial charge is 0.328 e. The number of aliphatic imine (C=N–C) groups is 2. The molecule has 0 aliphatic carbocycles. The number of amides is 1. The van der Waals surface area contributed by atoms with Gasteiger partial charge in [0.25, 0.3) is 5.91 Å². The highest BCUT2D eigenvalue weighted by atomic mass is 16.1. The summed E-state index contributed by atoms with van der Waals surface area (Å²) in [7, 11) is 0. The number of aromatic nitrogens is 3. The molecular weight excluding hydrogens is 342 g/mol. The van der Waals surface area contributed by atoms with Crippen LogP contribution < -0.4 is 15.9 Å². The van der Waals surface area contributed by atoms with E-state index in [4.69, 9.17) is 0 Å². The maximum Gasteiger partial charge on any atom is 0.266 e. The monoisotopic (exact) mass is 355 g/mol. The average molecular weight is 355 g/mol. The molecule has 3 aromatic rings. The summed E-state index contributed by atoms with van der Waals surface area (Å²) in [6, 6.07) is 11.0. The molecule has 1 aliphatic heterocycles. The standard InChI is InChI=1S/C19H13N7O/c27-17-11-20-10-13-4-1-2-5-14(13)25-19-18-15(23-12-24-19)6-7-16(26-18)21-8-3-9-22-17/h1-12H,(H,22,27). The number of rotatable bonds is 0. The van der Waals surface area contributed by atoms with Gasteiger partial charge >= 0.3 is 0 Å². The van der Waals surface area contributed by atoms with Crippen LogP contribution in [0.3, 0.4) is 0 Å². The van der Waals surface area contributed by atoms with E-state index < -0.39 is 0 Å². The van der Waals surface area contributed by atoms with Crippen LogP contribution in [0.4, 0.5) is 11.6 Å². The van der Waals surface area contributed by atoms with Crippen LogP contribution >= 0.6 is 0 Å². The highest BCUT2D eigenvalue weighted by molar-refractivity contribution is 6.27. The van der Waals surface area contributed by atoms with Crippen LogP contribution in [0.1, 0.15) is 0 Å². The Morgan fingerprint density at radius 3 is 2.89 bits per heavy atom. The molecule has 0 spiro atoms. The summed E-state index contributed by atoms with van der Waals surface area (Å²) in [5.74, 6) is 0.565. The van der Waals surface area contributed by atoms with Crippen LogP contribution in [-0.4, -0.2) is 33.3 Å². The Kier molecular flexibility index (Phi) is 4.52. The van der Waals surface area contributed by atoms with Gasteiger partial charge in [0.1, 0.15) is 11.8 Å². The van der Waals surface area contributed by atoms with Gasteiger partial charge in [-0.2, -0.15) is 0 Å². The van der Waals surface area contributed by atoms with Gasteiger partial charge in [0.05, 0.1) is 17.1 Å². The fraction of sp³-hybridized carbons (Fsp3) is 0. The number of carbonyl (C=O) groups excluding carboxylic acids is 1. The number of nitrogens with one attached hydrogen (secondary N) is 1. The van der Waals surface area contributed by atoms with Gasteiger partial charge in [-0.15, -0.1) is 0 Å². The van der Waals surface area contributed by atoms with Crippen LogP contribution in [0, 0.1) is 0 Å². The maximum atomic E-state index is 11.7. The Morgan fingerprint density at radius 1 is 1.00 bits per heavy atom. The van der Waals surface area contributed by atoms with Gasteiger partial charge in [0.15, 0.2) is 11.6 Å². The fourth-order valence-electron chi connectivity index (χ4n) is 2.40. The molecule has 1 amide bonds. The Balaban J connectivity index is 1.99. The van der Waals surface area contributed by atoms with Crippen molar-refractivity contribution in [1.82, 2.24) is 20.3 Å². The van der Waals surface area contributed by atoms with E-state index in [2.05, 4.69) is 35.2 Å². The smallest absolute Gasteiger partial charge is 0.266 e. The summed E-state index contributed by atoms with van der Waals surface area (Å²) in [6.07, 6.45) is 8.80. The first-order valence-corrected chi connectivity index (χ1v) is 8.08. The van der Waals surface area contributed by atoms with Gasteiger partial charge in [-0.05, 0) is 24.3 Å². The summed E-state index contributed by atoms with van der Waals surface area (Å²) < 4.78 is 0. The first-order valence-electron chi connectivity index (χ1n) is 8.08. The molecule has 8 heteroatoms. The van der Waals surface area contributed by atoms with Crippen LogP contribution in [0.25, 0.3) is 17.2 Å². The highest BCUT2D eigenvalue weighted by Gasteiger charge is 2.05. The van der Waals surface area contributed by atoms with E-state index in [9.17, 15) is 4.79 Å². The average Bonchev–Trinajstić information content (AvgIpc) is 2.69. The molecule has 8 nitrogen and oxygen atoms in total. The van der Waals surface area contributed by atoms with Crippen molar-refractivity contribution < 1.29 is 4.79 Å². The van der Waals surface area contributed by atoms with Crippen molar-refractivity contribution in [2.24, 2.45) is 15.0 Å². The van der Waals surface area contributed by atoms with Gasteiger partial charge in [-0.25, -0.2) is 24.9 Å². The Morgan fingerprint density at radius 2 is 1.93 bits per heavy atom. The van der Waals surface area contributed by atoms with Crippen LogP contribution in [0.5, 0.6) is 0 Å². The lowest BCUT2D eigenvalue weighted by Gasteiger charge is -2.01. The number of allylic oxidation sites excluding steroid dienone is 1. The summed E-state index contributed by atoms with van der Waals surface area (Å²) >= 11 is 0. The van der Waals surface area contributed by atoms with Crippen molar-refractivity contribution in [2.75, 3.05) is 0 Å². The number of para-hydroxylation sites is 1. The minimum atomic E-state index is -0.352. The quantitative estimate of drug-likeness (QED) is 0.652. The Hall–Kier alpha value is -4.07. The summed E-state index contributed by atoms with van der Waals surface area (Å²) in [4.78, 5) is 37.6. The highest BCUT2D eigenvalue weighted by Crippen LogP contribution is 2.21. The SMILES string of the molecule is O=C1C=NC=c2ccccc2=Nc2ncnc3ccc(nc23)N=CC=CN1. The number of nitrogens with zero attached hydrogens (tertiary/aromatic N) is 6. The molecule has 1 N–H and O–H groups in total. The predicted molar refractivity (Wildman–Crippen MR) is 103 cm³/mol. The molecule has 3 heterocycles. The lowest BCUT2D eigenvalue weighted by molar-refractivity contribution is -0.113. The third-order valence-corrected chi connectivity index (χ3v) is 3.63. The topological polar surface area (TPSA) is 105 Å². The first-order chi connectivity index (χ1) is 13.3. The lowest BCUT2D eigenvalue weighted by atomic mass is 10.3. The third kappa shape index (κ3) is 3.79. The summed E-state index contributed by atoms with van der Waals surface area (Å²) in [6.45, 7) is 0. The number of hydrogen-bond acceptors (Lipinski definition) is 7. The molecule has 1 aliphatic rings. The van der Waals surface area contributed by atoms with Crippen molar-refractivity contribution in [1.29, 1.82) is 0 Å². The fourth-order valence-corrected chi connectivity index (χ4v) is 2.40. The minimum Gasteiger partial charge on any atom is -0.328 e. The first kappa shape index (κ1) is 16.4. The zero-order chi connectivity index (χ0) is 18.5.